The van der Waals surface area contributed by atoms with E-state index in [1.165, 1.54) is 0 Å². The van der Waals surface area contributed by atoms with Crippen LogP contribution in [0, 0.1) is 13.8 Å². The Labute approximate surface area is 110 Å². The van der Waals surface area contributed by atoms with E-state index in [1.807, 2.05) is 32.0 Å². The third kappa shape index (κ3) is 2.69. The highest BCUT2D eigenvalue weighted by molar-refractivity contribution is 6.30. The number of hydrogen-bond acceptors (Lipinski definition) is 5. The van der Waals surface area contributed by atoms with Crippen LogP contribution < -0.4 is 16.6 Å². The lowest BCUT2D eigenvalue weighted by molar-refractivity contribution is 1.09. The molecule has 0 unspecified atom stereocenters. The number of hydrogen-bond donors (Lipinski definition) is 3. The molecule has 0 aliphatic heterocycles. The van der Waals surface area contributed by atoms with Crippen LogP contribution in [0.1, 0.15) is 11.1 Å². The largest absolute Gasteiger partial charge is 0.340 e. The van der Waals surface area contributed by atoms with Gasteiger partial charge >= 0.3 is 0 Å². The molecule has 1 aromatic heterocycles. The van der Waals surface area contributed by atoms with Gasteiger partial charge < -0.3 is 5.32 Å². The lowest BCUT2D eigenvalue weighted by Gasteiger charge is -2.12. The van der Waals surface area contributed by atoms with E-state index in [2.05, 4.69) is 20.7 Å². The fourth-order valence-corrected chi connectivity index (χ4v) is 1.67. The molecule has 0 bridgehead atoms. The van der Waals surface area contributed by atoms with Gasteiger partial charge in [0, 0.05) is 22.5 Å². The minimum atomic E-state index is 0.364. The Bertz CT molecular complexity index is 570. The molecule has 0 aliphatic carbocycles. The number of aryl methyl sites for hydroxylation is 2. The molecule has 6 heteroatoms. The first-order valence-electron chi connectivity index (χ1n) is 5.43. The van der Waals surface area contributed by atoms with Crippen molar-refractivity contribution in [2.45, 2.75) is 13.8 Å². The van der Waals surface area contributed by atoms with E-state index in [0.717, 1.165) is 16.8 Å². The molecule has 1 aromatic carbocycles. The molecule has 5 nitrogen and oxygen atoms in total. The first-order valence-corrected chi connectivity index (χ1v) is 5.81. The lowest BCUT2D eigenvalue weighted by atomic mass is 10.2. The van der Waals surface area contributed by atoms with Crippen molar-refractivity contribution in [2.24, 2.45) is 5.84 Å². The quantitative estimate of drug-likeness (QED) is 0.586. The third-order valence-corrected chi connectivity index (χ3v) is 2.79. The monoisotopic (exact) mass is 263 g/mol. The number of nitrogen functional groups attached to an aromatic ring is 1. The van der Waals surface area contributed by atoms with Crippen molar-refractivity contribution in [1.82, 2.24) is 9.97 Å². The lowest BCUT2D eigenvalue weighted by Crippen LogP contribution is -2.11. The van der Waals surface area contributed by atoms with Gasteiger partial charge in [0.25, 0.3) is 0 Å². The number of hydrazine groups is 1. The third-order valence-electron chi connectivity index (χ3n) is 2.55. The minimum absolute atomic E-state index is 0.364. The smallest absolute Gasteiger partial charge is 0.239 e. The van der Waals surface area contributed by atoms with Crippen LogP contribution in [0.5, 0.6) is 0 Å². The van der Waals surface area contributed by atoms with Gasteiger partial charge in [-0.3, -0.25) is 5.43 Å². The van der Waals surface area contributed by atoms with Crippen LogP contribution in [0.2, 0.25) is 5.02 Å². The maximum atomic E-state index is 5.98. The highest BCUT2D eigenvalue weighted by Crippen LogP contribution is 2.25. The van der Waals surface area contributed by atoms with Crippen LogP contribution in [-0.2, 0) is 0 Å². The highest BCUT2D eigenvalue weighted by atomic mass is 35.5. The van der Waals surface area contributed by atoms with E-state index < -0.39 is 0 Å². The van der Waals surface area contributed by atoms with Gasteiger partial charge in [0.05, 0.1) is 0 Å². The summed E-state index contributed by atoms with van der Waals surface area (Å²) in [6.45, 7) is 3.92. The second-order valence-corrected chi connectivity index (χ2v) is 4.39. The first kappa shape index (κ1) is 12.6. The number of anilines is 3. The van der Waals surface area contributed by atoms with Gasteiger partial charge in [-0.1, -0.05) is 17.7 Å². The number of benzene rings is 1. The molecule has 18 heavy (non-hydrogen) atoms. The summed E-state index contributed by atoms with van der Waals surface area (Å²) in [6, 6.07) is 5.65. The summed E-state index contributed by atoms with van der Waals surface area (Å²) in [5.41, 5.74) is 5.34. The number of nitrogens with one attached hydrogen (secondary N) is 2. The van der Waals surface area contributed by atoms with Crippen molar-refractivity contribution in [3.8, 4) is 0 Å². The Morgan fingerprint density at radius 3 is 2.72 bits per heavy atom. The second-order valence-electron chi connectivity index (χ2n) is 3.95. The molecule has 1 heterocycles. The molecule has 0 saturated heterocycles. The van der Waals surface area contributed by atoms with Crippen molar-refractivity contribution in [1.29, 1.82) is 0 Å². The van der Waals surface area contributed by atoms with Crippen molar-refractivity contribution in [3.63, 3.8) is 0 Å². The molecular formula is C12H14ClN5. The summed E-state index contributed by atoms with van der Waals surface area (Å²) in [4.78, 5) is 8.28. The van der Waals surface area contributed by atoms with Crippen molar-refractivity contribution in [3.05, 3.63) is 40.5 Å². The normalized spacial score (nSPS) is 10.2. The van der Waals surface area contributed by atoms with E-state index in [0.29, 0.717) is 16.8 Å². The Morgan fingerprint density at radius 2 is 2.00 bits per heavy atom. The Kier molecular flexibility index (Phi) is 3.64. The molecule has 0 atom stereocenters. The molecule has 0 spiro atoms. The van der Waals surface area contributed by atoms with Gasteiger partial charge in [-0.2, -0.15) is 4.98 Å². The minimum Gasteiger partial charge on any atom is -0.340 e. The van der Waals surface area contributed by atoms with Crippen molar-refractivity contribution in [2.75, 3.05) is 10.7 Å². The van der Waals surface area contributed by atoms with Crippen LogP contribution >= 0.6 is 11.6 Å². The standard InChI is InChI=1S/C12H14ClN5/c1-7-3-4-9(13)5-10(7)16-11-8(2)6-15-12(17-11)18-14/h3-6H,14H2,1-2H3,(H2,15,16,17,18). The van der Waals surface area contributed by atoms with Crippen LogP contribution in [0.15, 0.2) is 24.4 Å². The van der Waals surface area contributed by atoms with E-state index in [9.17, 15) is 0 Å². The van der Waals surface area contributed by atoms with Gasteiger partial charge in [-0.15, -0.1) is 0 Å². The summed E-state index contributed by atoms with van der Waals surface area (Å²) in [6.07, 6.45) is 1.70. The number of halogens is 1. The number of nitrogens with two attached hydrogens (primary N) is 1. The predicted octanol–water partition coefficient (Wildman–Crippen LogP) is 2.78. The van der Waals surface area contributed by atoms with Gasteiger partial charge in [-0.05, 0) is 31.5 Å². The van der Waals surface area contributed by atoms with Crippen molar-refractivity contribution < 1.29 is 0 Å². The molecule has 0 amide bonds. The van der Waals surface area contributed by atoms with E-state index in [-0.39, 0.29) is 0 Å². The average molecular weight is 264 g/mol. The van der Waals surface area contributed by atoms with E-state index in [1.54, 1.807) is 6.20 Å². The summed E-state index contributed by atoms with van der Waals surface area (Å²) < 4.78 is 0. The summed E-state index contributed by atoms with van der Waals surface area (Å²) in [5.74, 6) is 6.35. The van der Waals surface area contributed by atoms with E-state index >= 15 is 0 Å². The number of nitrogens with zero attached hydrogens (tertiary/aromatic N) is 2. The van der Waals surface area contributed by atoms with Crippen LogP contribution in [0.25, 0.3) is 0 Å². The zero-order chi connectivity index (χ0) is 13.1. The molecule has 2 aromatic rings. The molecule has 0 aliphatic rings. The molecular weight excluding hydrogens is 250 g/mol. The van der Waals surface area contributed by atoms with Gasteiger partial charge in [0.2, 0.25) is 5.95 Å². The predicted molar refractivity (Wildman–Crippen MR) is 74.1 cm³/mol. The van der Waals surface area contributed by atoms with Crippen molar-refractivity contribution >= 4 is 29.1 Å². The molecule has 0 fully saturated rings. The number of aromatic nitrogens is 2. The Morgan fingerprint density at radius 1 is 1.22 bits per heavy atom. The highest BCUT2D eigenvalue weighted by Gasteiger charge is 2.06. The zero-order valence-corrected chi connectivity index (χ0v) is 10.9. The maximum Gasteiger partial charge on any atom is 0.239 e. The summed E-state index contributed by atoms with van der Waals surface area (Å²) in [5, 5.41) is 3.90. The first-order chi connectivity index (χ1) is 8.60. The topological polar surface area (TPSA) is 75.9 Å². The molecule has 94 valence electrons. The van der Waals surface area contributed by atoms with Gasteiger partial charge in [0.15, 0.2) is 0 Å². The van der Waals surface area contributed by atoms with E-state index in [4.69, 9.17) is 17.4 Å². The summed E-state index contributed by atoms with van der Waals surface area (Å²) in [7, 11) is 0. The van der Waals surface area contributed by atoms with Crippen LogP contribution in [-0.4, -0.2) is 9.97 Å². The van der Waals surface area contributed by atoms with Gasteiger partial charge in [-0.25, -0.2) is 10.8 Å². The van der Waals surface area contributed by atoms with Gasteiger partial charge in [0.1, 0.15) is 5.82 Å². The summed E-state index contributed by atoms with van der Waals surface area (Å²) >= 11 is 5.98. The molecule has 2 rings (SSSR count). The van der Waals surface area contributed by atoms with Crippen LogP contribution in [0.4, 0.5) is 17.5 Å². The number of rotatable bonds is 3. The molecule has 4 N–H and O–H groups in total. The SMILES string of the molecule is Cc1ccc(Cl)cc1Nc1nc(NN)ncc1C. The van der Waals surface area contributed by atoms with Crippen LogP contribution in [0.3, 0.4) is 0 Å². The second kappa shape index (κ2) is 5.20. The average Bonchev–Trinajstić information content (AvgIpc) is 2.36. The fraction of sp³-hybridized carbons (Fsp3) is 0.167. The zero-order valence-electron chi connectivity index (χ0n) is 10.2. The maximum absolute atomic E-state index is 5.98. The molecule has 0 saturated carbocycles. The Balaban J connectivity index is 2.36. The molecule has 0 radical (unpaired) electrons. The Hall–Kier alpha value is -1.85. The fourth-order valence-electron chi connectivity index (χ4n) is 1.49.